The van der Waals surface area contributed by atoms with E-state index in [1.54, 1.807) is 30.3 Å². The van der Waals surface area contributed by atoms with Crippen molar-refractivity contribution in [1.82, 2.24) is 9.97 Å². The first kappa shape index (κ1) is 18.2. The summed E-state index contributed by atoms with van der Waals surface area (Å²) in [6.07, 6.45) is -3.80. The van der Waals surface area contributed by atoms with Crippen molar-refractivity contribution in [3.8, 4) is 0 Å². The third-order valence-electron chi connectivity index (χ3n) is 3.46. The fourth-order valence-electron chi connectivity index (χ4n) is 2.30. The molecule has 0 atom stereocenters. The van der Waals surface area contributed by atoms with Crippen LogP contribution in [0.5, 0.6) is 0 Å². The number of aromatic nitrogens is 2. The van der Waals surface area contributed by atoms with Crippen molar-refractivity contribution in [3.63, 3.8) is 0 Å². The predicted molar refractivity (Wildman–Crippen MR) is 98.9 cm³/mol. The highest BCUT2D eigenvalue weighted by atomic mass is 79.9. The molecule has 2 aromatic carbocycles. The topological polar surface area (TPSA) is 49.8 Å². The lowest BCUT2D eigenvalue weighted by molar-refractivity contribution is -0.137. The van der Waals surface area contributed by atoms with Gasteiger partial charge in [0.25, 0.3) is 0 Å². The summed E-state index contributed by atoms with van der Waals surface area (Å²) >= 11 is 3.29. The highest BCUT2D eigenvalue weighted by Crippen LogP contribution is 2.35. The van der Waals surface area contributed by atoms with E-state index in [1.807, 2.05) is 25.1 Å². The molecule has 1 aromatic heterocycles. The zero-order chi connectivity index (χ0) is 18.7. The lowest BCUT2D eigenvalue weighted by atomic mass is 10.2. The lowest BCUT2D eigenvalue weighted by Gasteiger charge is -2.15. The van der Waals surface area contributed by atoms with Crippen LogP contribution in [0, 0.1) is 6.92 Å². The van der Waals surface area contributed by atoms with Crippen molar-refractivity contribution in [3.05, 3.63) is 70.3 Å². The van der Waals surface area contributed by atoms with Gasteiger partial charge in [-0.25, -0.2) is 4.98 Å². The SMILES string of the molecule is Cc1cccc(Nc2ncc(C(F)(F)F)c(Nc3cccc(Br)c3)n2)c1. The molecule has 4 nitrogen and oxygen atoms in total. The molecule has 0 saturated carbocycles. The molecule has 0 radical (unpaired) electrons. The summed E-state index contributed by atoms with van der Waals surface area (Å²) in [5.74, 6) is -0.248. The number of halogens is 4. The first-order valence-corrected chi connectivity index (χ1v) is 8.41. The average Bonchev–Trinajstić information content (AvgIpc) is 2.54. The van der Waals surface area contributed by atoms with Crippen molar-refractivity contribution in [2.45, 2.75) is 13.1 Å². The van der Waals surface area contributed by atoms with Gasteiger partial charge in [-0.2, -0.15) is 18.2 Å². The summed E-state index contributed by atoms with van der Waals surface area (Å²) in [5.41, 5.74) is 1.24. The van der Waals surface area contributed by atoms with Gasteiger partial charge in [0.2, 0.25) is 5.95 Å². The van der Waals surface area contributed by atoms with Gasteiger partial charge in [-0.1, -0.05) is 34.1 Å². The van der Waals surface area contributed by atoms with Gasteiger partial charge in [-0.15, -0.1) is 0 Å². The molecular formula is C18H14BrF3N4. The molecule has 26 heavy (non-hydrogen) atoms. The summed E-state index contributed by atoms with van der Waals surface area (Å²) in [6, 6.07) is 14.2. The molecule has 0 bridgehead atoms. The summed E-state index contributed by atoms with van der Waals surface area (Å²) in [6.45, 7) is 1.92. The van der Waals surface area contributed by atoms with Crippen LogP contribution in [0.1, 0.15) is 11.1 Å². The predicted octanol–water partition coefficient (Wildman–Crippen LogP) is 6.05. The minimum absolute atomic E-state index is 0.0705. The standard InChI is InChI=1S/C18H14BrF3N4/c1-11-4-2-6-13(8-11)25-17-23-10-15(18(20,21)22)16(26-17)24-14-7-3-5-12(19)9-14/h2-10H,1H3,(H2,23,24,25,26). The molecular weight excluding hydrogens is 409 g/mol. The number of nitrogens with one attached hydrogen (secondary N) is 2. The molecule has 0 saturated heterocycles. The van der Waals surface area contributed by atoms with Gasteiger partial charge < -0.3 is 10.6 Å². The average molecular weight is 423 g/mol. The van der Waals surface area contributed by atoms with Gasteiger partial charge in [0.05, 0.1) is 0 Å². The van der Waals surface area contributed by atoms with Crippen molar-refractivity contribution in [1.29, 1.82) is 0 Å². The largest absolute Gasteiger partial charge is 0.421 e. The summed E-state index contributed by atoms with van der Waals surface area (Å²) < 4.78 is 40.6. The van der Waals surface area contributed by atoms with E-state index in [2.05, 4.69) is 36.5 Å². The fourth-order valence-corrected chi connectivity index (χ4v) is 2.70. The second-order valence-electron chi connectivity index (χ2n) is 5.58. The Balaban J connectivity index is 1.96. The smallest absolute Gasteiger partial charge is 0.340 e. The third-order valence-corrected chi connectivity index (χ3v) is 3.95. The van der Waals surface area contributed by atoms with Crippen LogP contribution in [0.3, 0.4) is 0 Å². The van der Waals surface area contributed by atoms with Crippen LogP contribution in [-0.2, 0) is 6.18 Å². The van der Waals surface area contributed by atoms with Crippen molar-refractivity contribution in [2.24, 2.45) is 0 Å². The number of rotatable bonds is 4. The molecule has 3 rings (SSSR count). The van der Waals surface area contributed by atoms with Crippen LogP contribution in [0.2, 0.25) is 0 Å². The summed E-state index contributed by atoms with van der Waals surface area (Å²) in [7, 11) is 0. The van der Waals surface area contributed by atoms with Gasteiger partial charge in [-0.05, 0) is 42.8 Å². The van der Waals surface area contributed by atoms with Gasteiger partial charge in [0, 0.05) is 22.0 Å². The molecule has 0 unspecified atom stereocenters. The lowest BCUT2D eigenvalue weighted by Crippen LogP contribution is -2.12. The first-order valence-electron chi connectivity index (χ1n) is 7.62. The normalized spacial score (nSPS) is 11.3. The van der Waals surface area contributed by atoms with Crippen LogP contribution in [0.25, 0.3) is 0 Å². The van der Waals surface area contributed by atoms with Crippen molar-refractivity contribution < 1.29 is 13.2 Å². The molecule has 0 spiro atoms. The zero-order valence-electron chi connectivity index (χ0n) is 13.6. The maximum atomic E-state index is 13.3. The Hall–Kier alpha value is -2.61. The van der Waals surface area contributed by atoms with Crippen LogP contribution in [0.15, 0.2) is 59.2 Å². The molecule has 3 aromatic rings. The maximum Gasteiger partial charge on any atom is 0.421 e. The molecule has 0 amide bonds. The van der Waals surface area contributed by atoms with E-state index >= 15 is 0 Å². The molecule has 134 valence electrons. The fraction of sp³-hybridized carbons (Fsp3) is 0.111. The molecule has 0 fully saturated rings. The van der Waals surface area contributed by atoms with E-state index in [4.69, 9.17) is 0 Å². The number of hydrogen-bond acceptors (Lipinski definition) is 4. The minimum atomic E-state index is -4.57. The summed E-state index contributed by atoms with van der Waals surface area (Å²) in [5, 5.41) is 5.64. The minimum Gasteiger partial charge on any atom is -0.340 e. The summed E-state index contributed by atoms with van der Waals surface area (Å²) in [4.78, 5) is 7.82. The Kier molecular flexibility index (Phi) is 5.13. The maximum absolute atomic E-state index is 13.3. The second-order valence-corrected chi connectivity index (χ2v) is 6.50. The first-order chi connectivity index (χ1) is 12.3. The van der Waals surface area contributed by atoms with E-state index in [-0.39, 0.29) is 11.8 Å². The van der Waals surface area contributed by atoms with E-state index in [0.29, 0.717) is 11.4 Å². The van der Waals surface area contributed by atoms with E-state index in [1.165, 1.54) is 0 Å². The van der Waals surface area contributed by atoms with Gasteiger partial charge in [0.15, 0.2) is 0 Å². The van der Waals surface area contributed by atoms with E-state index < -0.39 is 11.7 Å². The highest BCUT2D eigenvalue weighted by Gasteiger charge is 2.35. The number of anilines is 4. The van der Waals surface area contributed by atoms with Crippen molar-refractivity contribution in [2.75, 3.05) is 10.6 Å². The van der Waals surface area contributed by atoms with Crippen LogP contribution in [0.4, 0.5) is 36.3 Å². The molecule has 8 heteroatoms. The number of aryl methyl sites for hydroxylation is 1. The molecule has 1 heterocycles. The molecule has 0 aliphatic rings. The Bertz CT molecular complexity index is 928. The van der Waals surface area contributed by atoms with Crippen molar-refractivity contribution >= 4 is 39.1 Å². The van der Waals surface area contributed by atoms with Crippen LogP contribution < -0.4 is 10.6 Å². The van der Waals surface area contributed by atoms with E-state index in [0.717, 1.165) is 16.2 Å². The Morgan fingerprint density at radius 2 is 1.65 bits per heavy atom. The van der Waals surface area contributed by atoms with Crippen LogP contribution >= 0.6 is 15.9 Å². The number of alkyl halides is 3. The molecule has 2 N–H and O–H groups in total. The zero-order valence-corrected chi connectivity index (χ0v) is 15.2. The van der Waals surface area contributed by atoms with Gasteiger partial charge in [-0.3, -0.25) is 0 Å². The highest BCUT2D eigenvalue weighted by molar-refractivity contribution is 9.10. The second kappa shape index (κ2) is 7.33. The Morgan fingerprint density at radius 3 is 2.31 bits per heavy atom. The van der Waals surface area contributed by atoms with Gasteiger partial charge >= 0.3 is 6.18 Å². The third kappa shape index (κ3) is 4.51. The number of hydrogen-bond donors (Lipinski definition) is 2. The van der Waals surface area contributed by atoms with E-state index in [9.17, 15) is 13.2 Å². The monoisotopic (exact) mass is 422 g/mol. The molecule has 0 aliphatic carbocycles. The number of nitrogens with zero attached hydrogens (tertiary/aromatic N) is 2. The Labute approximate surface area is 156 Å². The van der Waals surface area contributed by atoms with Gasteiger partial charge in [0.1, 0.15) is 11.4 Å². The number of benzene rings is 2. The molecule has 0 aliphatic heterocycles. The quantitative estimate of drug-likeness (QED) is 0.536. The Morgan fingerprint density at radius 1 is 0.962 bits per heavy atom. The van der Waals surface area contributed by atoms with Crippen LogP contribution in [-0.4, -0.2) is 9.97 Å².